The van der Waals surface area contributed by atoms with Gasteiger partial charge in [-0.3, -0.25) is 9.59 Å². The average molecular weight is 278 g/mol. The topological polar surface area (TPSA) is 43.4 Å². The molecule has 0 radical (unpaired) electrons. The van der Waals surface area contributed by atoms with Crippen molar-refractivity contribution in [1.82, 2.24) is 0 Å². The predicted octanol–water partition coefficient (Wildman–Crippen LogP) is 3.51. The fourth-order valence-corrected chi connectivity index (χ4v) is 2.75. The summed E-state index contributed by atoms with van der Waals surface area (Å²) < 4.78 is 5.19. The Kier molecular flexibility index (Phi) is 8.02. The molecule has 0 aromatic carbocycles. The van der Waals surface area contributed by atoms with E-state index in [0.29, 0.717) is 44.0 Å². The molecule has 1 saturated carbocycles. The van der Waals surface area contributed by atoms with E-state index in [1.54, 1.807) is 0 Å². The highest BCUT2D eigenvalue weighted by Gasteiger charge is 2.33. The smallest absolute Gasteiger partial charge is 0.306 e. The van der Waals surface area contributed by atoms with Crippen LogP contribution in [0.2, 0.25) is 0 Å². The first-order valence-corrected chi connectivity index (χ1v) is 7.80. The van der Waals surface area contributed by atoms with Gasteiger partial charge in [0, 0.05) is 32.1 Å². The second-order valence-corrected chi connectivity index (χ2v) is 5.49. The third-order valence-corrected chi connectivity index (χ3v) is 3.80. The molecule has 0 aliphatic heterocycles. The molecule has 3 heteroatoms. The molecule has 1 rings (SSSR count). The van der Waals surface area contributed by atoms with E-state index in [-0.39, 0.29) is 11.9 Å². The van der Waals surface area contributed by atoms with Crippen LogP contribution >= 0.6 is 0 Å². The van der Waals surface area contributed by atoms with Crippen LogP contribution in [-0.4, -0.2) is 18.4 Å². The van der Waals surface area contributed by atoms with Gasteiger partial charge in [-0.1, -0.05) is 32.6 Å². The molecule has 0 aromatic rings. The van der Waals surface area contributed by atoms with Crippen LogP contribution in [0.3, 0.4) is 0 Å². The molecule has 1 fully saturated rings. The van der Waals surface area contributed by atoms with E-state index in [1.807, 2.05) is 6.92 Å². The molecule has 2 atom stereocenters. The van der Waals surface area contributed by atoms with E-state index >= 15 is 0 Å². The van der Waals surface area contributed by atoms with Gasteiger partial charge in [-0.15, -0.1) is 5.92 Å². The normalized spacial score (nSPS) is 21.4. The number of Topliss-reactive ketones (excluding diaryl/α,β-unsaturated/α-hetero) is 1. The van der Waals surface area contributed by atoms with Crippen molar-refractivity contribution < 1.29 is 14.3 Å². The first kappa shape index (κ1) is 16.8. The van der Waals surface area contributed by atoms with Crippen LogP contribution in [0.25, 0.3) is 0 Å². The van der Waals surface area contributed by atoms with E-state index in [2.05, 4.69) is 18.8 Å². The van der Waals surface area contributed by atoms with Crippen LogP contribution in [0.1, 0.15) is 65.2 Å². The number of rotatable bonds is 7. The molecule has 0 amide bonds. The van der Waals surface area contributed by atoms with Crippen LogP contribution < -0.4 is 0 Å². The summed E-state index contributed by atoms with van der Waals surface area (Å²) in [6.45, 7) is 4.51. The maximum atomic E-state index is 11.8. The highest BCUT2D eigenvalue weighted by atomic mass is 16.5. The van der Waals surface area contributed by atoms with Gasteiger partial charge in [-0.25, -0.2) is 0 Å². The summed E-state index contributed by atoms with van der Waals surface area (Å²) in [4.78, 5) is 23.3. The Morgan fingerprint density at radius 3 is 2.70 bits per heavy atom. The molecule has 0 bridgehead atoms. The van der Waals surface area contributed by atoms with Crippen molar-refractivity contribution in [3.8, 4) is 11.8 Å². The third-order valence-electron chi connectivity index (χ3n) is 3.80. The number of esters is 1. The van der Waals surface area contributed by atoms with Gasteiger partial charge in [0.15, 0.2) is 0 Å². The molecule has 0 aromatic heterocycles. The summed E-state index contributed by atoms with van der Waals surface area (Å²) in [6, 6.07) is 0. The molecule has 20 heavy (non-hydrogen) atoms. The van der Waals surface area contributed by atoms with Crippen molar-refractivity contribution in [2.75, 3.05) is 6.61 Å². The van der Waals surface area contributed by atoms with Crippen LogP contribution in [0.15, 0.2) is 0 Å². The third kappa shape index (κ3) is 6.23. The second kappa shape index (κ2) is 9.58. The predicted molar refractivity (Wildman–Crippen MR) is 79.0 cm³/mol. The van der Waals surface area contributed by atoms with Gasteiger partial charge in [-0.2, -0.15) is 0 Å². The summed E-state index contributed by atoms with van der Waals surface area (Å²) in [6.07, 6.45) is 6.36. The SMILES string of the molecule is CCC#CCCOC(=O)CC1CC(=O)CC1CCCC. The van der Waals surface area contributed by atoms with E-state index in [9.17, 15) is 9.59 Å². The number of unbranched alkanes of at least 4 members (excludes halogenated alkanes) is 1. The molecule has 2 unspecified atom stereocenters. The zero-order valence-corrected chi connectivity index (χ0v) is 12.7. The molecule has 0 saturated heterocycles. The Morgan fingerprint density at radius 2 is 2.00 bits per heavy atom. The van der Waals surface area contributed by atoms with Gasteiger partial charge in [-0.05, 0) is 18.3 Å². The van der Waals surface area contributed by atoms with Crippen LogP contribution in [0.5, 0.6) is 0 Å². The lowest BCUT2D eigenvalue weighted by atomic mass is 9.89. The summed E-state index contributed by atoms with van der Waals surface area (Å²) in [5.74, 6) is 6.60. The standard InChI is InChI=1S/C17H26O3/c1-3-5-7-8-10-20-17(19)13-15-12-16(18)11-14(15)9-6-4-2/h14-15H,3-4,6,8-13H2,1-2H3. The fraction of sp³-hybridized carbons (Fsp3) is 0.765. The molecular formula is C17H26O3. The number of carbonyl (C=O) groups is 2. The molecule has 112 valence electrons. The zero-order chi connectivity index (χ0) is 14.8. The van der Waals surface area contributed by atoms with Crippen molar-refractivity contribution >= 4 is 11.8 Å². The van der Waals surface area contributed by atoms with E-state index in [0.717, 1.165) is 25.7 Å². The minimum Gasteiger partial charge on any atom is -0.465 e. The maximum absolute atomic E-state index is 11.8. The second-order valence-electron chi connectivity index (χ2n) is 5.49. The number of carbonyl (C=O) groups excluding carboxylic acids is 2. The summed E-state index contributed by atoms with van der Waals surface area (Å²) in [7, 11) is 0. The quantitative estimate of drug-likeness (QED) is 0.406. The minimum absolute atomic E-state index is 0.176. The van der Waals surface area contributed by atoms with Crippen LogP contribution in [0.4, 0.5) is 0 Å². The number of hydrogen-bond acceptors (Lipinski definition) is 3. The number of ether oxygens (including phenoxy) is 1. The maximum Gasteiger partial charge on any atom is 0.306 e. The summed E-state index contributed by atoms with van der Waals surface area (Å²) >= 11 is 0. The Hall–Kier alpha value is -1.30. The lowest BCUT2D eigenvalue weighted by Crippen LogP contribution is -2.15. The Bertz CT molecular complexity index is 375. The number of ketones is 1. The van der Waals surface area contributed by atoms with Gasteiger partial charge in [0.2, 0.25) is 0 Å². The van der Waals surface area contributed by atoms with Crippen molar-refractivity contribution in [1.29, 1.82) is 0 Å². The summed E-state index contributed by atoms with van der Waals surface area (Å²) in [5.41, 5.74) is 0. The monoisotopic (exact) mass is 278 g/mol. The fourth-order valence-electron chi connectivity index (χ4n) is 2.75. The van der Waals surface area contributed by atoms with E-state index in [4.69, 9.17) is 4.74 Å². The highest BCUT2D eigenvalue weighted by Crippen LogP contribution is 2.35. The van der Waals surface area contributed by atoms with Gasteiger partial charge >= 0.3 is 5.97 Å². The molecule has 3 nitrogen and oxygen atoms in total. The minimum atomic E-state index is -0.176. The van der Waals surface area contributed by atoms with Crippen LogP contribution in [0, 0.1) is 23.7 Å². The van der Waals surface area contributed by atoms with Crippen molar-refractivity contribution in [2.45, 2.75) is 65.2 Å². The Labute approximate surface area is 122 Å². The largest absolute Gasteiger partial charge is 0.465 e. The van der Waals surface area contributed by atoms with Crippen molar-refractivity contribution in [2.24, 2.45) is 11.8 Å². The summed E-state index contributed by atoms with van der Waals surface area (Å²) in [5, 5.41) is 0. The van der Waals surface area contributed by atoms with E-state index < -0.39 is 0 Å². The first-order valence-electron chi connectivity index (χ1n) is 7.80. The lowest BCUT2D eigenvalue weighted by Gasteiger charge is -2.17. The molecule has 1 aliphatic rings. The highest BCUT2D eigenvalue weighted by molar-refractivity contribution is 5.82. The van der Waals surface area contributed by atoms with Crippen molar-refractivity contribution in [3.05, 3.63) is 0 Å². The molecule has 0 heterocycles. The van der Waals surface area contributed by atoms with Gasteiger partial charge in [0.1, 0.15) is 12.4 Å². The van der Waals surface area contributed by atoms with Gasteiger partial charge in [0.05, 0.1) is 0 Å². The Morgan fingerprint density at radius 1 is 1.25 bits per heavy atom. The first-order chi connectivity index (χ1) is 9.67. The molecule has 0 spiro atoms. The Balaban J connectivity index is 2.29. The average Bonchev–Trinajstić information content (AvgIpc) is 2.76. The zero-order valence-electron chi connectivity index (χ0n) is 12.7. The van der Waals surface area contributed by atoms with Crippen LogP contribution in [-0.2, 0) is 14.3 Å². The van der Waals surface area contributed by atoms with Crippen molar-refractivity contribution in [3.63, 3.8) is 0 Å². The molecular weight excluding hydrogens is 252 g/mol. The van der Waals surface area contributed by atoms with Gasteiger partial charge in [0.25, 0.3) is 0 Å². The molecule has 1 aliphatic carbocycles. The molecule has 0 N–H and O–H groups in total. The van der Waals surface area contributed by atoms with E-state index in [1.165, 1.54) is 0 Å². The van der Waals surface area contributed by atoms with Gasteiger partial charge < -0.3 is 4.74 Å². The number of hydrogen-bond donors (Lipinski definition) is 0. The lowest BCUT2D eigenvalue weighted by molar-refractivity contribution is -0.144.